The second kappa shape index (κ2) is 5.15. The third kappa shape index (κ3) is 3.10. The highest BCUT2D eigenvalue weighted by Crippen LogP contribution is 2.34. The number of ether oxygens (including phenoxy) is 1. The standard InChI is InChI=1S/C12H21N5O2/c1-16(9-12(18)4-6-19-7-5-12)8-11-13-14-15-17(11)10-2-3-10/h10,18H,2-9H2,1H3. The number of nitrogens with zero attached hydrogens (tertiary/aromatic N) is 5. The summed E-state index contributed by atoms with van der Waals surface area (Å²) >= 11 is 0. The molecule has 0 atom stereocenters. The van der Waals surface area contributed by atoms with Gasteiger partial charge < -0.3 is 9.84 Å². The van der Waals surface area contributed by atoms with E-state index >= 15 is 0 Å². The molecule has 1 aromatic rings. The summed E-state index contributed by atoms with van der Waals surface area (Å²) in [6, 6.07) is 0.490. The molecule has 2 aliphatic rings. The minimum absolute atomic E-state index is 0.490. The van der Waals surface area contributed by atoms with Gasteiger partial charge in [-0.25, -0.2) is 4.68 Å². The summed E-state index contributed by atoms with van der Waals surface area (Å²) in [5.74, 6) is 0.889. The molecule has 7 heteroatoms. The topological polar surface area (TPSA) is 76.3 Å². The second-order valence-corrected chi connectivity index (χ2v) is 5.78. The van der Waals surface area contributed by atoms with Crippen LogP contribution in [0.2, 0.25) is 0 Å². The van der Waals surface area contributed by atoms with Gasteiger partial charge in [-0.15, -0.1) is 5.10 Å². The highest BCUT2D eigenvalue weighted by atomic mass is 16.5. The summed E-state index contributed by atoms with van der Waals surface area (Å²) < 4.78 is 7.22. The lowest BCUT2D eigenvalue weighted by molar-refractivity contribution is -0.0780. The predicted molar refractivity (Wildman–Crippen MR) is 67.4 cm³/mol. The van der Waals surface area contributed by atoms with Crippen LogP contribution in [0.1, 0.15) is 37.5 Å². The molecule has 3 rings (SSSR count). The van der Waals surface area contributed by atoms with Gasteiger partial charge in [-0.1, -0.05) is 0 Å². The van der Waals surface area contributed by atoms with E-state index in [1.165, 1.54) is 12.8 Å². The Kier molecular flexibility index (Phi) is 3.51. The van der Waals surface area contributed by atoms with Crippen molar-refractivity contribution in [3.05, 3.63) is 5.82 Å². The first-order valence-electron chi connectivity index (χ1n) is 6.92. The van der Waals surface area contributed by atoms with Gasteiger partial charge in [-0.2, -0.15) is 0 Å². The van der Waals surface area contributed by atoms with Crippen molar-refractivity contribution < 1.29 is 9.84 Å². The molecule has 0 radical (unpaired) electrons. The Bertz CT molecular complexity index is 426. The van der Waals surface area contributed by atoms with Crippen molar-refractivity contribution >= 4 is 0 Å². The Labute approximate surface area is 112 Å². The number of tetrazole rings is 1. The molecule has 0 unspecified atom stereocenters. The molecule has 0 amide bonds. The summed E-state index contributed by atoms with van der Waals surface area (Å²) in [4.78, 5) is 2.09. The van der Waals surface area contributed by atoms with E-state index in [0.29, 0.717) is 45.2 Å². The SMILES string of the molecule is CN(Cc1nnnn1C1CC1)CC1(O)CCOCC1. The maximum Gasteiger partial charge on any atom is 0.165 e. The van der Waals surface area contributed by atoms with Crippen molar-refractivity contribution in [2.24, 2.45) is 0 Å². The van der Waals surface area contributed by atoms with Gasteiger partial charge in [0.15, 0.2) is 5.82 Å². The molecule has 106 valence electrons. The molecule has 19 heavy (non-hydrogen) atoms. The smallest absolute Gasteiger partial charge is 0.165 e. The average molecular weight is 267 g/mol. The maximum atomic E-state index is 10.5. The second-order valence-electron chi connectivity index (χ2n) is 5.78. The fourth-order valence-electron chi connectivity index (χ4n) is 2.63. The highest BCUT2D eigenvalue weighted by Gasteiger charge is 2.32. The zero-order valence-electron chi connectivity index (χ0n) is 11.3. The zero-order chi connectivity index (χ0) is 13.3. The van der Waals surface area contributed by atoms with E-state index in [2.05, 4.69) is 20.4 Å². The van der Waals surface area contributed by atoms with Crippen molar-refractivity contribution in [1.29, 1.82) is 0 Å². The molecule has 1 saturated heterocycles. The van der Waals surface area contributed by atoms with Gasteiger partial charge in [0.05, 0.1) is 18.2 Å². The number of hydrogen-bond acceptors (Lipinski definition) is 6. The van der Waals surface area contributed by atoms with E-state index in [1.807, 2.05) is 11.7 Å². The molecule has 2 fully saturated rings. The number of hydrogen-bond donors (Lipinski definition) is 1. The molecule has 1 saturated carbocycles. The fourth-order valence-corrected chi connectivity index (χ4v) is 2.63. The number of rotatable bonds is 5. The summed E-state index contributed by atoms with van der Waals surface area (Å²) in [5, 5.41) is 22.4. The average Bonchev–Trinajstić information content (AvgIpc) is 3.11. The van der Waals surface area contributed by atoms with Crippen molar-refractivity contribution in [2.45, 2.75) is 43.9 Å². The molecule has 0 spiro atoms. The van der Waals surface area contributed by atoms with Crippen LogP contribution >= 0.6 is 0 Å². The lowest BCUT2D eigenvalue weighted by atomic mass is 9.94. The van der Waals surface area contributed by atoms with Gasteiger partial charge >= 0.3 is 0 Å². The minimum Gasteiger partial charge on any atom is -0.388 e. The van der Waals surface area contributed by atoms with E-state index in [-0.39, 0.29) is 0 Å². The van der Waals surface area contributed by atoms with Gasteiger partial charge in [-0.3, -0.25) is 4.90 Å². The lowest BCUT2D eigenvalue weighted by Gasteiger charge is -2.35. The van der Waals surface area contributed by atoms with Gasteiger partial charge in [0.2, 0.25) is 0 Å². The van der Waals surface area contributed by atoms with Crippen LogP contribution in [0.5, 0.6) is 0 Å². The number of likely N-dealkylation sites (N-methyl/N-ethyl adjacent to an activating group) is 1. The summed E-state index contributed by atoms with van der Waals surface area (Å²) in [6.07, 6.45) is 3.74. The van der Waals surface area contributed by atoms with Gasteiger partial charge in [0, 0.05) is 32.6 Å². The Morgan fingerprint density at radius 2 is 2.16 bits per heavy atom. The summed E-state index contributed by atoms with van der Waals surface area (Å²) in [6.45, 7) is 2.59. The monoisotopic (exact) mass is 267 g/mol. The van der Waals surface area contributed by atoms with Gasteiger partial charge in [0.25, 0.3) is 0 Å². The maximum absolute atomic E-state index is 10.5. The first kappa shape index (κ1) is 13.0. The fraction of sp³-hybridized carbons (Fsp3) is 0.917. The molecule has 2 heterocycles. The van der Waals surface area contributed by atoms with Gasteiger partial charge in [-0.05, 0) is 30.3 Å². The van der Waals surface area contributed by atoms with E-state index < -0.39 is 5.60 Å². The van der Waals surface area contributed by atoms with E-state index in [1.54, 1.807) is 0 Å². The third-order valence-electron chi connectivity index (χ3n) is 3.85. The van der Waals surface area contributed by atoms with E-state index in [0.717, 1.165) is 5.82 Å². The predicted octanol–water partition coefficient (Wildman–Crippen LogP) is -0.0187. The van der Waals surface area contributed by atoms with Crippen molar-refractivity contribution in [1.82, 2.24) is 25.1 Å². The Morgan fingerprint density at radius 3 is 2.84 bits per heavy atom. The Morgan fingerprint density at radius 1 is 1.42 bits per heavy atom. The molecule has 0 bridgehead atoms. The molecule has 1 aliphatic carbocycles. The van der Waals surface area contributed by atoms with E-state index in [9.17, 15) is 5.11 Å². The minimum atomic E-state index is -0.634. The first-order valence-corrected chi connectivity index (χ1v) is 6.92. The molecule has 1 aliphatic heterocycles. The highest BCUT2D eigenvalue weighted by molar-refractivity contribution is 4.91. The largest absolute Gasteiger partial charge is 0.388 e. The lowest BCUT2D eigenvalue weighted by Crippen LogP contribution is -2.45. The molecule has 1 aromatic heterocycles. The van der Waals surface area contributed by atoms with Crippen LogP contribution in [0.25, 0.3) is 0 Å². The first-order chi connectivity index (χ1) is 9.16. The Hall–Kier alpha value is -1.05. The van der Waals surface area contributed by atoms with Crippen LogP contribution in [-0.4, -0.2) is 62.6 Å². The number of aromatic nitrogens is 4. The van der Waals surface area contributed by atoms with Gasteiger partial charge in [0.1, 0.15) is 0 Å². The Balaban J connectivity index is 1.58. The quantitative estimate of drug-likeness (QED) is 0.808. The zero-order valence-corrected chi connectivity index (χ0v) is 11.3. The van der Waals surface area contributed by atoms with E-state index in [4.69, 9.17) is 4.74 Å². The van der Waals surface area contributed by atoms with Crippen molar-refractivity contribution in [3.63, 3.8) is 0 Å². The normalized spacial score (nSPS) is 22.9. The van der Waals surface area contributed by atoms with Crippen LogP contribution < -0.4 is 0 Å². The van der Waals surface area contributed by atoms with Crippen LogP contribution in [0.4, 0.5) is 0 Å². The molecule has 0 aromatic carbocycles. The molecular formula is C12H21N5O2. The third-order valence-corrected chi connectivity index (χ3v) is 3.85. The van der Waals surface area contributed by atoms with Crippen LogP contribution in [0.3, 0.4) is 0 Å². The van der Waals surface area contributed by atoms with Crippen LogP contribution in [-0.2, 0) is 11.3 Å². The summed E-state index contributed by atoms with van der Waals surface area (Å²) in [7, 11) is 2.00. The molecule has 7 nitrogen and oxygen atoms in total. The number of aliphatic hydroxyl groups is 1. The van der Waals surface area contributed by atoms with Crippen molar-refractivity contribution in [3.8, 4) is 0 Å². The van der Waals surface area contributed by atoms with Crippen molar-refractivity contribution in [2.75, 3.05) is 26.8 Å². The molecular weight excluding hydrogens is 246 g/mol. The van der Waals surface area contributed by atoms with Crippen LogP contribution in [0.15, 0.2) is 0 Å². The summed E-state index contributed by atoms with van der Waals surface area (Å²) in [5.41, 5.74) is -0.634. The molecule has 1 N–H and O–H groups in total. The van der Waals surface area contributed by atoms with Crippen LogP contribution in [0, 0.1) is 0 Å².